The van der Waals surface area contributed by atoms with Gasteiger partial charge in [-0.1, -0.05) is 388 Å². The van der Waals surface area contributed by atoms with Crippen molar-refractivity contribution in [1.82, 2.24) is 0 Å². The second-order valence-corrected chi connectivity index (χ2v) is 33.9. The van der Waals surface area contributed by atoms with Crippen LogP contribution >= 0.6 is 15.6 Å². The number of aliphatic hydroxyl groups is 2. The van der Waals surface area contributed by atoms with E-state index in [2.05, 4.69) is 227 Å². The minimum atomic E-state index is -4.96. The van der Waals surface area contributed by atoms with Crippen molar-refractivity contribution in [2.24, 2.45) is 0 Å². The van der Waals surface area contributed by atoms with Crippen molar-refractivity contribution in [3.8, 4) is 0 Å². The molecule has 0 saturated heterocycles. The summed E-state index contributed by atoms with van der Waals surface area (Å²) in [5.41, 5.74) is 0. The monoisotopic (exact) mass is 1730 g/mol. The molecule has 0 aromatic rings. The third-order valence-electron chi connectivity index (χ3n) is 19.5. The van der Waals surface area contributed by atoms with Crippen molar-refractivity contribution in [2.45, 2.75) is 386 Å². The molecule has 5 unspecified atom stereocenters. The van der Waals surface area contributed by atoms with Crippen LogP contribution in [0.25, 0.3) is 0 Å². The molecule has 5 atom stereocenters. The first-order chi connectivity index (χ1) is 59.2. The van der Waals surface area contributed by atoms with Gasteiger partial charge in [0.15, 0.2) is 6.10 Å². The average molecular weight is 1730 g/mol. The van der Waals surface area contributed by atoms with E-state index < -0.39 is 91.5 Å². The topological polar surface area (TPSA) is 231 Å². The molecule has 121 heavy (non-hydrogen) atoms. The summed E-state index contributed by atoms with van der Waals surface area (Å²) in [4.78, 5) is 59.1. The van der Waals surface area contributed by atoms with Gasteiger partial charge in [-0.15, -0.1) is 0 Å². The van der Waals surface area contributed by atoms with Gasteiger partial charge in [-0.3, -0.25) is 32.5 Å². The Kier molecular flexibility index (Phi) is 88.8. The summed E-state index contributed by atoms with van der Waals surface area (Å²) in [6.07, 6.45) is 126. The highest BCUT2D eigenvalue weighted by molar-refractivity contribution is 7.47. The summed E-state index contributed by atoms with van der Waals surface area (Å²) in [6.45, 7) is 2.34. The first-order valence-corrected chi connectivity index (χ1v) is 50.4. The van der Waals surface area contributed by atoms with Crippen molar-refractivity contribution in [1.29, 1.82) is 0 Å². The summed E-state index contributed by atoms with van der Waals surface area (Å²) in [5.74, 6) is -1.61. The van der Waals surface area contributed by atoms with E-state index in [1.165, 1.54) is 122 Å². The van der Waals surface area contributed by atoms with Crippen molar-refractivity contribution >= 4 is 33.6 Å². The van der Waals surface area contributed by atoms with E-state index in [9.17, 15) is 43.5 Å². The SMILES string of the molecule is CC/C=C\C/C=C\C/C=C\C/C=C\C/C=C\C/C=C\CCCCCCCCCCCCCCC(=O)OCC(O)COP(=O)(O)OCC(O)COP(=O)(O)OCC(COC(=O)CCCCCCCCCCCCCCCCC/C=C\C/C=C\C/C=C\C/C=C\C/C=C\CC)OC(=O)CCCCCC/C=C\C/C=C\C/C=C\C/C=C\C/C=C\C/C=C\CC. The van der Waals surface area contributed by atoms with Gasteiger partial charge in [-0.2, -0.15) is 0 Å². The molecule has 0 amide bonds. The Morgan fingerprint density at radius 2 is 0.413 bits per heavy atom. The summed E-state index contributed by atoms with van der Waals surface area (Å²) >= 11 is 0. The predicted molar refractivity (Wildman–Crippen MR) is 509 cm³/mol. The number of rotatable bonds is 88. The molecule has 4 N–H and O–H groups in total. The van der Waals surface area contributed by atoms with Crippen molar-refractivity contribution in [2.75, 3.05) is 39.6 Å². The first-order valence-electron chi connectivity index (χ1n) is 47.4. The van der Waals surface area contributed by atoms with Crippen LogP contribution in [0.1, 0.15) is 367 Å². The van der Waals surface area contributed by atoms with Crippen LogP contribution in [0, 0.1) is 0 Å². The second-order valence-electron chi connectivity index (χ2n) is 31.0. The molecule has 0 aliphatic heterocycles. The molecule has 0 spiro atoms. The Hall–Kier alpha value is -5.87. The molecule has 0 aromatic heterocycles. The third-order valence-corrected chi connectivity index (χ3v) is 21.4. The molecule has 0 heterocycles. The lowest BCUT2D eigenvalue weighted by Crippen LogP contribution is -2.30. The maximum absolute atomic E-state index is 13.1. The Morgan fingerprint density at radius 1 is 0.231 bits per heavy atom. The van der Waals surface area contributed by atoms with Crippen LogP contribution in [0.2, 0.25) is 0 Å². The van der Waals surface area contributed by atoms with Crippen LogP contribution in [0.4, 0.5) is 0 Å². The smallest absolute Gasteiger partial charge is 0.463 e. The molecule has 688 valence electrons. The highest BCUT2D eigenvalue weighted by atomic mass is 31.2. The lowest BCUT2D eigenvalue weighted by molar-refractivity contribution is -0.161. The summed E-state index contributed by atoms with van der Waals surface area (Å²) in [5, 5.41) is 20.8. The van der Waals surface area contributed by atoms with E-state index >= 15 is 0 Å². The van der Waals surface area contributed by atoms with Crippen LogP contribution in [-0.4, -0.2) is 95.9 Å². The van der Waals surface area contributed by atoms with E-state index in [1.807, 2.05) is 0 Å². The highest BCUT2D eigenvalue weighted by Crippen LogP contribution is 2.45. The molecule has 0 rings (SSSR count). The molecule has 16 nitrogen and oxygen atoms in total. The minimum absolute atomic E-state index is 0.0687. The molecule has 0 bridgehead atoms. The Labute approximate surface area is 737 Å². The zero-order valence-electron chi connectivity index (χ0n) is 75.9. The number of allylic oxidation sites excluding steroid dienone is 34. The van der Waals surface area contributed by atoms with Crippen molar-refractivity contribution in [3.63, 3.8) is 0 Å². The number of carbonyl (C=O) groups is 3. The summed E-state index contributed by atoms with van der Waals surface area (Å²) in [7, 11) is -9.83. The Bertz CT molecular complexity index is 3030. The molecular weight excluding hydrogens is 1560 g/mol. The average Bonchev–Trinajstić information content (AvgIpc) is 0.884. The molecule has 0 saturated carbocycles. The van der Waals surface area contributed by atoms with Gasteiger partial charge in [0.2, 0.25) is 0 Å². The normalized spacial score (nSPS) is 14.7. The number of unbranched alkanes of at least 4 members (excludes halogenated alkanes) is 31. The standard InChI is InChI=1S/C103H170O16P2/c1-4-7-10-13-16-19-22-25-28-31-34-37-40-42-44-46-48-50-52-54-57-59-62-65-68-71-74-77-80-83-86-89-101(106)113-92-98(104)93-115-120(109,110)116-94-99(105)95-117-121(111,112)118-97-100(119-103(108)91-88-85-82-79-76-73-70-67-64-61-56-39-36-33-30-27-24-21-18-15-12-9-6-3)96-114-102(107)90-87-84-81-78-75-72-69-66-63-60-58-55-53-51-49-47-45-43-41-38-35-32-29-26-23-20-17-14-11-8-5-2/h7-12,16-21,25-30,34-39,42-45,48,50,61,64,70,73,98-100,104-105H,4-6,13-15,22-24,31-33,40-41,46-47,49,51-60,62-63,65-69,71-72,74-97H2,1-3H3,(H,109,110)(H,111,112)/b10-7-,11-8-,12-9-,19-16-,20-17-,21-18-,28-25-,29-26-,30-27-,37-34-,38-35-,39-36-,44-42-,45-43-,50-48-,64-61-,73-70-. The highest BCUT2D eigenvalue weighted by Gasteiger charge is 2.29. The van der Waals surface area contributed by atoms with Gasteiger partial charge in [0.1, 0.15) is 25.4 Å². The Morgan fingerprint density at radius 3 is 0.653 bits per heavy atom. The summed E-state index contributed by atoms with van der Waals surface area (Å²) < 4.78 is 61.5. The molecule has 0 aliphatic rings. The van der Waals surface area contributed by atoms with Crippen LogP contribution in [0.3, 0.4) is 0 Å². The van der Waals surface area contributed by atoms with Gasteiger partial charge in [0.25, 0.3) is 0 Å². The van der Waals surface area contributed by atoms with Crippen LogP contribution in [0.5, 0.6) is 0 Å². The van der Waals surface area contributed by atoms with Gasteiger partial charge in [0, 0.05) is 19.3 Å². The number of hydrogen-bond acceptors (Lipinski definition) is 14. The zero-order valence-corrected chi connectivity index (χ0v) is 77.7. The van der Waals surface area contributed by atoms with E-state index in [0.29, 0.717) is 19.3 Å². The molecule has 0 fully saturated rings. The summed E-state index contributed by atoms with van der Waals surface area (Å²) in [6, 6.07) is 0. The number of aliphatic hydroxyl groups excluding tert-OH is 2. The largest absolute Gasteiger partial charge is 0.472 e. The quantitative estimate of drug-likeness (QED) is 0.0146. The van der Waals surface area contributed by atoms with Crippen molar-refractivity contribution < 1.29 is 75.8 Å². The van der Waals surface area contributed by atoms with Gasteiger partial charge in [0.05, 0.1) is 26.4 Å². The lowest BCUT2D eigenvalue weighted by Gasteiger charge is -2.21. The number of phosphoric acid groups is 2. The maximum Gasteiger partial charge on any atom is 0.472 e. The molecular formula is C103H170O16P2. The zero-order chi connectivity index (χ0) is 87.9. The van der Waals surface area contributed by atoms with Crippen LogP contribution < -0.4 is 0 Å². The van der Waals surface area contributed by atoms with Gasteiger partial charge in [-0.05, 0) is 167 Å². The fourth-order valence-electron chi connectivity index (χ4n) is 12.4. The molecule has 0 aromatic carbocycles. The van der Waals surface area contributed by atoms with E-state index in [4.69, 9.17) is 32.3 Å². The van der Waals surface area contributed by atoms with Crippen LogP contribution in [0.15, 0.2) is 207 Å². The van der Waals surface area contributed by atoms with E-state index in [0.717, 1.165) is 186 Å². The maximum atomic E-state index is 13.1. The second kappa shape index (κ2) is 93.3. The van der Waals surface area contributed by atoms with E-state index in [-0.39, 0.29) is 19.3 Å². The third kappa shape index (κ3) is 94.6. The Balaban J connectivity index is 4.65. The van der Waals surface area contributed by atoms with Gasteiger partial charge < -0.3 is 34.2 Å². The minimum Gasteiger partial charge on any atom is -0.463 e. The number of hydrogen-bond donors (Lipinski definition) is 4. The molecule has 0 aliphatic carbocycles. The van der Waals surface area contributed by atoms with Gasteiger partial charge >= 0.3 is 33.6 Å². The predicted octanol–water partition coefficient (Wildman–Crippen LogP) is 29.6. The number of phosphoric ester groups is 2. The van der Waals surface area contributed by atoms with Gasteiger partial charge in [-0.25, -0.2) is 9.13 Å². The lowest BCUT2D eigenvalue weighted by atomic mass is 10.0. The first kappa shape index (κ1) is 115. The number of ether oxygens (including phenoxy) is 3. The fraction of sp³-hybridized carbons (Fsp3) is 0.641. The molecule has 0 radical (unpaired) electrons. The molecule has 18 heteroatoms. The fourth-order valence-corrected chi connectivity index (χ4v) is 14.0. The van der Waals surface area contributed by atoms with E-state index in [1.54, 1.807) is 0 Å². The number of esters is 3. The number of carbonyl (C=O) groups excluding carboxylic acids is 3. The van der Waals surface area contributed by atoms with Crippen molar-refractivity contribution in [3.05, 3.63) is 207 Å². The van der Waals surface area contributed by atoms with Crippen LogP contribution in [-0.2, 0) is 55.8 Å².